The Morgan fingerprint density at radius 2 is 1.83 bits per heavy atom. The van der Waals surface area contributed by atoms with E-state index in [2.05, 4.69) is 10.6 Å². The van der Waals surface area contributed by atoms with Crippen molar-refractivity contribution in [2.24, 2.45) is 0 Å². The molecule has 0 saturated heterocycles. The molecule has 0 aliphatic heterocycles. The van der Waals surface area contributed by atoms with Crippen LogP contribution in [0.1, 0.15) is 40.0 Å². The van der Waals surface area contributed by atoms with Gasteiger partial charge in [0.1, 0.15) is 5.82 Å². The third-order valence-electron chi connectivity index (χ3n) is 3.81. The summed E-state index contributed by atoms with van der Waals surface area (Å²) in [4.78, 5) is 23.9. The maximum atomic E-state index is 13.5. The van der Waals surface area contributed by atoms with Gasteiger partial charge in [-0.1, -0.05) is 35.9 Å². The minimum Gasteiger partial charge on any atom is -0.348 e. The number of nitrogens with one attached hydrogen (secondary N) is 2. The lowest BCUT2D eigenvalue weighted by Crippen LogP contribution is -2.38. The number of hydrogen-bond donors (Lipinski definition) is 2. The maximum absolute atomic E-state index is 13.5. The summed E-state index contributed by atoms with van der Waals surface area (Å²) in [7, 11) is 0. The van der Waals surface area contributed by atoms with Crippen molar-refractivity contribution in [3.05, 3.63) is 70.5 Å². The van der Waals surface area contributed by atoms with Crippen molar-refractivity contribution in [2.75, 3.05) is 6.54 Å². The van der Waals surface area contributed by atoms with Crippen molar-refractivity contribution < 1.29 is 14.0 Å². The highest BCUT2D eigenvalue weighted by Gasteiger charge is 2.15. The topological polar surface area (TPSA) is 58.2 Å². The van der Waals surface area contributed by atoms with Crippen LogP contribution >= 0.6 is 0 Å². The molecule has 1 unspecified atom stereocenters. The van der Waals surface area contributed by atoms with E-state index in [0.717, 1.165) is 16.7 Å². The van der Waals surface area contributed by atoms with Crippen LogP contribution in [-0.4, -0.2) is 18.4 Å². The Hall–Kier alpha value is -2.69. The van der Waals surface area contributed by atoms with Crippen molar-refractivity contribution in [3.8, 4) is 0 Å². The van der Waals surface area contributed by atoms with E-state index in [9.17, 15) is 14.0 Å². The molecule has 2 rings (SSSR count). The normalized spacial score (nSPS) is 11.7. The van der Waals surface area contributed by atoms with E-state index in [4.69, 9.17) is 0 Å². The second-order valence-electron chi connectivity index (χ2n) is 5.81. The largest absolute Gasteiger partial charge is 0.348 e. The molecule has 0 aliphatic rings. The van der Waals surface area contributed by atoms with E-state index in [0.29, 0.717) is 0 Å². The summed E-state index contributed by atoms with van der Waals surface area (Å²) in [6.07, 6.45) is 0. The molecule has 0 heterocycles. The van der Waals surface area contributed by atoms with Gasteiger partial charge in [0, 0.05) is 0 Å². The smallest absolute Gasteiger partial charge is 0.254 e. The quantitative estimate of drug-likeness (QED) is 0.886. The summed E-state index contributed by atoms with van der Waals surface area (Å²) in [5, 5.41) is 5.27. The number of halogens is 1. The number of carbonyl (C=O) groups is 2. The second-order valence-corrected chi connectivity index (χ2v) is 5.81. The average molecular weight is 328 g/mol. The summed E-state index contributed by atoms with van der Waals surface area (Å²) >= 11 is 0. The number of carbonyl (C=O) groups excluding carboxylic acids is 2. The minimum absolute atomic E-state index is 0.0760. The van der Waals surface area contributed by atoms with Crippen LogP contribution in [0.2, 0.25) is 0 Å². The predicted molar refractivity (Wildman–Crippen MR) is 91.2 cm³/mol. The Kier molecular flexibility index (Phi) is 5.68. The van der Waals surface area contributed by atoms with Crippen LogP contribution in [0.25, 0.3) is 0 Å². The molecule has 2 amide bonds. The zero-order valence-corrected chi connectivity index (χ0v) is 14.0. The van der Waals surface area contributed by atoms with Gasteiger partial charge in [-0.25, -0.2) is 4.39 Å². The van der Waals surface area contributed by atoms with E-state index in [1.807, 2.05) is 39.0 Å². The molecule has 0 aliphatic carbocycles. The molecule has 0 saturated carbocycles. The first-order valence-corrected chi connectivity index (χ1v) is 7.77. The zero-order chi connectivity index (χ0) is 17.7. The Labute approximate surface area is 141 Å². The van der Waals surface area contributed by atoms with Crippen molar-refractivity contribution in [1.29, 1.82) is 0 Å². The fourth-order valence-corrected chi connectivity index (χ4v) is 2.50. The summed E-state index contributed by atoms with van der Waals surface area (Å²) in [5.41, 5.74) is 3.16. The third-order valence-corrected chi connectivity index (χ3v) is 3.81. The van der Waals surface area contributed by atoms with Crippen LogP contribution in [0.15, 0.2) is 42.5 Å². The molecular formula is C19H21FN2O2. The fourth-order valence-electron chi connectivity index (χ4n) is 2.50. The highest BCUT2D eigenvalue weighted by Crippen LogP contribution is 2.18. The summed E-state index contributed by atoms with van der Waals surface area (Å²) in [5.74, 6) is -1.55. The Bertz CT molecular complexity index is 759. The molecule has 2 N–H and O–H groups in total. The van der Waals surface area contributed by atoms with Gasteiger partial charge in [-0.15, -0.1) is 0 Å². The lowest BCUT2D eigenvalue weighted by molar-refractivity contribution is -0.120. The molecular weight excluding hydrogens is 307 g/mol. The molecule has 24 heavy (non-hydrogen) atoms. The van der Waals surface area contributed by atoms with Gasteiger partial charge in [0.25, 0.3) is 5.91 Å². The van der Waals surface area contributed by atoms with Gasteiger partial charge in [-0.05, 0) is 44.0 Å². The third kappa shape index (κ3) is 4.41. The molecule has 4 nitrogen and oxygen atoms in total. The van der Waals surface area contributed by atoms with E-state index in [-0.39, 0.29) is 24.1 Å². The van der Waals surface area contributed by atoms with Crippen LogP contribution in [-0.2, 0) is 4.79 Å². The standard InChI is InChI=1S/C19H21FN2O2/c1-12-8-9-13(2)16(10-12)14(3)22-18(23)11-21-19(24)15-6-4-5-7-17(15)20/h4-10,14H,11H2,1-3H3,(H,21,24)(H,22,23). The summed E-state index contributed by atoms with van der Waals surface area (Å²) in [6, 6.07) is 11.5. The van der Waals surface area contributed by atoms with Gasteiger partial charge in [-0.2, -0.15) is 0 Å². The summed E-state index contributed by atoms with van der Waals surface area (Å²) in [6.45, 7) is 5.66. The van der Waals surface area contributed by atoms with Crippen molar-refractivity contribution >= 4 is 11.8 Å². The van der Waals surface area contributed by atoms with Crippen LogP contribution in [0, 0.1) is 19.7 Å². The van der Waals surface area contributed by atoms with Gasteiger partial charge >= 0.3 is 0 Å². The first-order chi connectivity index (χ1) is 11.4. The number of hydrogen-bond acceptors (Lipinski definition) is 2. The zero-order valence-electron chi connectivity index (χ0n) is 14.0. The van der Waals surface area contributed by atoms with E-state index < -0.39 is 11.7 Å². The molecule has 2 aromatic carbocycles. The molecule has 0 radical (unpaired) electrons. The minimum atomic E-state index is -0.612. The van der Waals surface area contributed by atoms with E-state index >= 15 is 0 Å². The average Bonchev–Trinajstić information content (AvgIpc) is 2.55. The van der Waals surface area contributed by atoms with Crippen molar-refractivity contribution in [2.45, 2.75) is 26.8 Å². The number of benzene rings is 2. The number of rotatable bonds is 5. The summed E-state index contributed by atoms with van der Waals surface area (Å²) < 4.78 is 13.5. The number of amides is 2. The molecule has 1 atom stereocenters. The molecule has 0 spiro atoms. The molecule has 0 bridgehead atoms. The molecule has 0 fully saturated rings. The second kappa shape index (κ2) is 7.73. The van der Waals surface area contributed by atoms with E-state index in [1.165, 1.54) is 18.2 Å². The van der Waals surface area contributed by atoms with Gasteiger partial charge in [0.2, 0.25) is 5.91 Å². The lowest BCUT2D eigenvalue weighted by Gasteiger charge is -2.17. The van der Waals surface area contributed by atoms with Crippen molar-refractivity contribution in [3.63, 3.8) is 0 Å². The fraction of sp³-hybridized carbons (Fsp3) is 0.263. The maximum Gasteiger partial charge on any atom is 0.254 e. The van der Waals surface area contributed by atoms with Crippen LogP contribution in [0.3, 0.4) is 0 Å². The Balaban J connectivity index is 1.92. The first kappa shape index (κ1) is 17.7. The molecule has 2 aromatic rings. The molecule has 0 aromatic heterocycles. The van der Waals surface area contributed by atoms with Gasteiger partial charge in [0.15, 0.2) is 0 Å². The van der Waals surface area contributed by atoms with Gasteiger partial charge in [0.05, 0.1) is 18.2 Å². The van der Waals surface area contributed by atoms with Gasteiger partial charge in [-0.3, -0.25) is 9.59 Å². The van der Waals surface area contributed by atoms with Crippen LogP contribution < -0.4 is 10.6 Å². The number of aryl methyl sites for hydroxylation is 2. The highest BCUT2D eigenvalue weighted by molar-refractivity contribution is 5.96. The first-order valence-electron chi connectivity index (χ1n) is 7.77. The van der Waals surface area contributed by atoms with E-state index in [1.54, 1.807) is 6.07 Å². The SMILES string of the molecule is Cc1ccc(C)c(C(C)NC(=O)CNC(=O)c2ccccc2F)c1. The molecule has 5 heteroatoms. The monoisotopic (exact) mass is 328 g/mol. The highest BCUT2D eigenvalue weighted by atomic mass is 19.1. The Morgan fingerprint density at radius 1 is 1.12 bits per heavy atom. The Morgan fingerprint density at radius 3 is 2.54 bits per heavy atom. The predicted octanol–water partition coefficient (Wildman–Crippen LogP) is 3.05. The molecule has 126 valence electrons. The van der Waals surface area contributed by atoms with Crippen LogP contribution in [0.4, 0.5) is 4.39 Å². The van der Waals surface area contributed by atoms with Crippen molar-refractivity contribution in [1.82, 2.24) is 10.6 Å². The van der Waals surface area contributed by atoms with Gasteiger partial charge < -0.3 is 10.6 Å². The van der Waals surface area contributed by atoms with Crippen LogP contribution in [0.5, 0.6) is 0 Å². The lowest BCUT2D eigenvalue weighted by atomic mass is 10.00.